The maximum atomic E-state index is 9.38. The van der Waals surface area contributed by atoms with Crippen LogP contribution in [0.5, 0.6) is 5.75 Å². The minimum atomic E-state index is -0.0474. The highest BCUT2D eigenvalue weighted by atomic mass is 35.5. The fraction of sp³-hybridized carbons (Fsp3) is 0.182. The second-order valence-corrected chi connectivity index (χ2v) is 8.42. The van der Waals surface area contributed by atoms with Crippen molar-refractivity contribution < 1.29 is 9.84 Å². The standard InChI is InChI=1S/C22H21Cl2NO2S/c1-14(25-22-17(13-26)11-21(24)28-22)3-4-15-5-7-16(8-6-15)19-10-9-18(27-2)12-20(19)23/h5-12,25-26H,1,3-4,13H2,2H3. The van der Waals surface area contributed by atoms with Gasteiger partial charge >= 0.3 is 0 Å². The Morgan fingerprint density at radius 3 is 2.54 bits per heavy atom. The molecule has 0 atom stereocenters. The van der Waals surface area contributed by atoms with E-state index < -0.39 is 0 Å². The van der Waals surface area contributed by atoms with Crippen LogP contribution in [0, 0.1) is 0 Å². The van der Waals surface area contributed by atoms with E-state index in [1.807, 2.05) is 18.2 Å². The van der Waals surface area contributed by atoms with Crippen molar-refractivity contribution in [2.24, 2.45) is 0 Å². The number of ether oxygens (including phenoxy) is 1. The number of thiophene rings is 1. The second kappa shape index (κ2) is 9.48. The predicted octanol–water partition coefficient (Wildman–Crippen LogP) is 6.78. The van der Waals surface area contributed by atoms with Crippen molar-refractivity contribution in [3.8, 4) is 16.9 Å². The molecule has 0 fully saturated rings. The lowest BCUT2D eigenvalue weighted by atomic mass is 10.0. The van der Waals surface area contributed by atoms with Crippen LogP contribution < -0.4 is 10.1 Å². The van der Waals surface area contributed by atoms with Gasteiger partial charge in [0.2, 0.25) is 0 Å². The lowest BCUT2D eigenvalue weighted by Crippen LogP contribution is -2.00. The van der Waals surface area contributed by atoms with Crippen molar-refractivity contribution in [3.63, 3.8) is 0 Å². The summed E-state index contributed by atoms with van der Waals surface area (Å²) in [6.45, 7) is 4.04. The molecule has 3 nitrogen and oxygen atoms in total. The highest BCUT2D eigenvalue weighted by Crippen LogP contribution is 2.33. The molecule has 0 bridgehead atoms. The second-order valence-electron chi connectivity index (χ2n) is 6.33. The van der Waals surface area contributed by atoms with Crippen LogP contribution >= 0.6 is 34.5 Å². The minimum absolute atomic E-state index is 0.0474. The van der Waals surface area contributed by atoms with Gasteiger partial charge in [0, 0.05) is 16.8 Å². The first-order chi connectivity index (χ1) is 13.5. The van der Waals surface area contributed by atoms with Crippen molar-refractivity contribution >= 4 is 39.5 Å². The minimum Gasteiger partial charge on any atom is -0.497 e. The van der Waals surface area contributed by atoms with Gasteiger partial charge in [-0.15, -0.1) is 11.3 Å². The maximum absolute atomic E-state index is 9.38. The molecule has 0 unspecified atom stereocenters. The normalized spacial score (nSPS) is 10.7. The van der Waals surface area contributed by atoms with E-state index in [4.69, 9.17) is 27.9 Å². The molecule has 3 aromatic rings. The lowest BCUT2D eigenvalue weighted by molar-refractivity contribution is 0.283. The molecule has 6 heteroatoms. The molecule has 1 aromatic heterocycles. The largest absolute Gasteiger partial charge is 0.497 e. The Morgan fingerprint density at radius 1 is 1.14 bits per heavy atom. The molecule has 0 saturated carbocycles. The zero-order chi connectivity index (χ0) is 20.1. The summed E-state index contributed by atoms with van der Waals surface area (Å²) < 4.78 is 5.84. The maximum Gasteiger partial charge on any atom is 0.120 e. The number of aliphatic hydroxyl groups excluding tert-OH is 1. The first kappa shape index (κ1) is 20.7. The topological polar surface area (TPSA) is 41.5 Å². The monoisotopic (exact) mass is 433 g/mol. The van der Waals surface area contributed by atoms with Crippen molar-refractivity contribution in [1.29, 1.82) is 0 Å². The number of benzene rings is 2. The molecular weight excluding hydrogens is 413 g/mol. The van der Waals surface area contributed by atoms with Crippen LogP contribution in [0.25, 0.3) is 11.1 Å². The van der Waals surface area contributed by atoms with Gasteiger partial charge in [0.1, 0.15) is 5.75 Å². The molecule has 0 amide bonds. The quantitative estimate of drug-likeness (QED) is 0.411. The van der Waals surface area contributed by atoms with E-state index in [1.165, 1.54) is 16.9 Å². The molecule has 2 N–H and O–H groups in total. The summed E-state index contributed by atoms with van der Waals surface area (Å²) in [6, 6.07) is 15.8. The number of nitrogens with one attached hydrogen (secondary N) is 1. The van der Waals surface area contributed by atoms with Crippen LogP contribution in [-0.2, 0) is 13.0 Å². The molecule has 2 aromatic carbocycles. The van der Waals surface area contributed by atoms with Crippen LogP contribution in [-0.4, -0.2) is 12.2 Å². The zero-order valence-electron chi connectivity index (χ0n) is 15.5. The van der Waals surface area contributed by atoms with Gasteiger partial charge in [-0.2, -0.15) is 0 Å². The number of aliphatic hydroxyl groups is 1. The molecule has 28 heavy (non-hydrogen) atoms. The molecule has 0 aliphatic carbocycles. The third-order valence-electron chi connectivity index (χ3n) is 4.40. The summed E-state index contributed by atoms with van der Waals surface area (Å²) in [7, 11) is 1.63. The Labute approximate surface area is 179 Å². The average Bonchev–Trinajstić information content (AvgIpc) is 3.06. The highest BCUT2D eigenvalue weighted by molar-refractivity contribution is 7.20. The highest BCUT2D eigenvalue weighted by Gasteiger charge is 2.09. The smallest absolute Gasteiger partial charge is 0.120 e. The molecule has 1 heterocycles. The molecule has 0 spiro atoms. The molecular formula is C22H21Cl2NO2S. The Balaban J connectivity index is 1.60. The van der Waals surface area contributed by atoms with Gasteiger partial charge in [-0.05, 0) is 48.2 Å². The van der Waals surface area contributed by atoms with Crippen LogP contribution in [0.4, 0.5) is 5.00 Å². The fourth-order valence-corrected chi connectivity index (χ4v) is 4.33. The Hall–Kier alpha value is -1.98. The van der Waals surface area contributed by atoms with Gasteiger partial charge in [-0.3, -0.25) is 0 Å². The lowest BCUT2D eigenvalue weighted by Gasteiger charge is -2.10. The van der Waals surface area contributed by atoms with Gasteiger partial charge in [-0.1, -0.05) is 54.0 Å². The number of hydrogen-bond acceptors (Lipinski definition) is 4. The Morgan fingerprint density at radius 2 is 1.89 bits per heavy atom. The van der Waals surface area contributed by atoms with Crippen molar-refractivity contribution in [2.75, 3.05) is 12.4 Å². The number of allylic oxidation sites excluding steroid dienone is 1. The summed E-state index contributed by atoms with van der Waals surface area (Å²) in [5, 5.41) is 14.2. The first-order valence-electron chi connectivity index (χ1n) is 8.77. The van der Waals surface area contributed by atoms with Crippen LogP contribution in [0.1, 0.15) is 17.5 Å². The van der Waals surface area contributed by atoms with Crippen LogP contribution in [0.2, 0.25) is 9.36 Å². The van der Waals surface area contributed by atoms with E-state index >= 15 is 0 Å². The van der Waals surface area contributed by atoms with Gasteiger partial charge in [0.25, 0.3) is 0 Å². The summed E-state index contributed by atoms with van der Waals surface area (Å²) in [5.74, 6) is 0.743. The molecule has 3 rings (SSSR count). The van der Waals surface area contributed by atoms with Gasteiger partial charge in [0.05, 0.1) is 28.1 Å². The Bertz CT molecular complexity index is 967. The number of aryl methyl sites for hydroxylation is 1. The third kappa shape index (κ3) is 5.09. The fourth-order valence-electron chi connectivity index (χ4n) is 2.84. The molecule has 0 aliphatic heterocycles. The van der Waals surface area contributed by atoms with E-state index in [0.717, 1.165) is 46.0 Å². The first-order valence-corrected chi connectivity index (χ1v) is 10.3. The number of anilines is 1. The van der Waals surface area contributed by atoms with Gasteiger partial charge < -0.3 is 15.2 Å². The summed E-state index contributed by atoms with van der Waals surface area (Å²) >= 11 is 13.8. The van der Waals surface area contributed by atoms with E-state index in [2.05, 4.69) is 36.2 Å². The van der Waals surface area contributed by atoms with E-state index in [-0.39, 0.29) is 6.61 Å². The van der Waals surface area contributed by atoms with Crippen molar-refractivity contribution in [1.82, 2.24) is 0 Å². The van der Waals surface area contributed by atoms with Gasteiger partial charge in [0.15, 0.2) is 0 Å². The van der Waals surface area contributed by atoms with Crippen molar-refractivity contribution in [2.45, 2.75) is 19.4 Å². The van der Waals surface area contributed by atoms with E-state index in [9.17, 15) is 5.11 Å². The average molecular weight is 434 g/mol. The van der Waals surface area contributed by atoms with E-state index in [0.29, 0.717) is 9.36 Å². The molecule has 0 radical (unpaired) electrons. The Kier molecular flexibility index (Phi) is 7.03. The zero-order valence-corrected chi connectivity index (χ0v) is 17.8. The number of hydrogen-bond donors (Lipinski definition) is 2. The number of rotatable bonds is 8. The molecule has 146 valence electrons. The van der Waals surface area contributed by atoms with Crippen molar-refractivity contribution in [3.05, 3.63) is 81.3 Å². The SMILES string of the molecule is C=C(CCc1ccc(-c2ccc(OC)cc2Cl)cc1)Nc1sc(Cl)cc1CO. The molecule has 0 saturated heterocycles. The summed E-state index contributed by atoms with van der Waals surface area (Å²) in [4.78, 5) is 0. The summed E-state index contributed by atoms with van der Waals surface area (Å²) in [5.41, 5.74) is 4.93. The van der Waals surface area contributed by atoms with Gasteiger partial charge in [-0.25, -0.2) is 0 Å². The van der Waals surface area contributed by atoms with E-state index in [1.54, 1.807) is 13.2 Å². The summed E-state index contributed by atoms with van der Waals surface area (Å²) in [6.07, 6.45) is 1.64. The third-order valence-corrected chi connectivity index (χ3v) is 5.93. The predicted molar refractivity (Wildman–Crippen MR) is 120 cm³/mol. The number of methoxy groups -OCH3 is 1. The van der Waals surface area contributed by atoms with Crippen LogP contribution in [0.3, 0.4) is 0 Å². The number of halogens is 2. The van der Waals surface area contributed by atoms with Crippen LogP contribution in [0.15, 0.2) is 60.8 Å². The molecule has 0 aliphatic rings.